The molecule has 1 fully saturated rings. The van der Waals surface area contributed by atoms with Gasteiger partial charge in [0, 0.05) is 0 Å². The van der Waals surface area contributed by atoms with Crippen molar-refractivity contribution in [1.29, 1.82) is 0 Å². The summed E-state index contributed by atoms with van der Waals surface area (Å²) in [5.74, 6) is 5.21. The van der Waals surface area contributed by atoms with E-state index in [2.05, 4.69) is 101 Å². The molecule has 0 saturated carbocycles. The molecule has 2 aromatic rings. The molecule has 0 bridgehead atoms. The van der Waals surface area contributed by atoms with E-state index in [9.17, 15) is 0 Å². The van der Waals surface area contributed by atoms with Crippen LogP contribution in [0.3, 0.4) is 0 Å². The summed E-state index contributed by atoms with van der Waals surface area (Å²) in [6, 6.07) is 15.5. The predicted octanol–water partition coefficient (Wildman–Crippen LogP) is 7.42. The second-order valence-corrected chi connectivity index (χ2v) is 23.7. The van der Waals surface area contributed by atoms with Gasteiger partial charge in [0.25, 0.3) is 0 Å². The van der Waals surface area contributed by atoms with Gasteiger partial charge in [0.15, 0.2) is 0 Å². The summed E-state index contributed by atoms with van der Waals surface area (Å²) in [6.45, 7) is 16.5. The first kappa shape index (κ1) is 21.9. The standard InChI is InChI=1S/C25H36OSiTe/c1-19(2)17-28(18-20(3)4)24(14-15-27(5,6)7)25(26-28)23-13-12-21-10-8-9-11-22(21)16-23/h8-13,16,19-20,24-25H,17-18H2,1-7H3/t24-,25-/m0/s1. The van der Waals surface area contributed by atoms with Gasteiger partial charge in [-0.3, -0.25) is 0 Å². The molecule has 0 amide bonds. The molecule has 28 heavy (non-hydrogen) atoms. The molecular weight excluding hydrogens is 472 g/mol. The topological polar surface area (TPSA) is 9.23 Å². The van der Waals surface area contributed by atoms with Gasteiger partial charge >= 0.3 is 178 Å². The zero-order valence-corrected chi connectivity index (χ0v) is 21.9. The Morgan fingerprint density at radius 3 is 2.11 bits per heavy atom. The minimum atomic E-state index is -2.51. The zero-order valence-electron chi connectivity index (χ0n) is 18.6. The average molecular weight is 508 g/mol. The van der Waals surface area contributed by atoms with Crippen LogP contribution in [0.1, 0.15) is 39.4 Å². The first-order valence-electron chi connectivity index (χ1n) is 10.6. The SMILES string of the molecule is CC(C)C[Te]1(CC(C)C)O[C@@H](c2ccc3ccccc3c2)[C@@H]1C#C[Si](C)(C)C. The summed E-state index contributed by atoms with van der Waals surface area (Å²) >= 11 is -2.51. The van der Waals surface area contributed by atoms with E-state index < -0.39 is 26.7 Å². The molecule has 0 aliphatic carbocycles. The van der Waals surface area contributed by atoms with Crippen molar-refractivity contribution in [1.82, 2.24) is 0 Å². The second kappa shape index (κ2) is 8.53. The molecule has 0 spiro atoms. The van der Waals surface area contributed by atoms with Crippen LogP contribution in [0.2, 0.25) is 32.5 Å². The van der Waals surface area contributed by atoms with Crippen molar-refractivity contribution in [2.24, 2.45) is 11.8 Å². The third-order valence-corrected chi connectivity index (χ3v) is 18.2. The number of fused-ring (bicyclic) bond motifs is 1. The summed E-state index contributed by atoms with van der Waals surface area (Å²) in [6.07, 6.45) is 0.173. The van der Waals surface area contributed by atoms with E-state index in [1.54, 1.807) is 0 Å². The monoisotopic (exact) mass is 510 g/mol. The maximum absolute atomic E-state index is 6.96. The fourth-order valence-corrected chi connectivity index (χ4v) is 17.8. The number of benzene rings is 2. The van der Waals surface area contributed by atoms with E-state index >= 15 is 0 Å². The van der Waals surface area contributed by atoms with Gasteiger partial charge in [0.2, 0.25) is 0 Å². The first-order valence-corrected chi connectivity index (χ1v) is 19.7. The van der Waals surface area contributed by atoms with E-state index in [4.69, 9.17) is 3.10 Å². The Morgan fingerprint density at radius 1 is 0.929 bits per heavy atom. The van der Waals surface area contributed by atoms with Gasteiger partial charge in [0.1, 0.15) is 0 Å². The van der Waals surface area contributed by atoms with Crippen molar-refractivity contribution in [3.63, 3.8) is 0 Å². The van der Waals surface area contributed by atoms with Crippen molar-refractivity contribution in [3.05, 3.63) is 48.0 Å². The van der Waals surface area contributed by atoms with Gasteiger partial charge in [-0.25, -0.2) is 0 Å². The van der Waals surface area contributed by atoms with Gasteiger partial charge in [-0.2, -0.15) is 0 Å². The van der Waals surface area contributed by atoms with Crippen LogP contribution in [0.25, 0.3) is 10.8 Å². The van der Waals surface area contributed by atoms with Crippen LogP contribution >= 0.6 is 0 Å². The van der Waals surface area contributed by atoms with Crippen LogP contribution in [0, 0.1) is 23.3 Å². The van der Waals surface area contributed by atoms with Crippen molar-refractivity contribution < 1.29 is 3.10 Å². The maximum atomic E-state index is 6.96. The van der Waals surface area contributed by atoms with Crippen molar-refractivity contribution >= 4 is 37.4 Å². The van der Waals surface area contributed by atoms with Crippen LogP contribution < -0.4 is 0 Å². The molecule has 0 aromatic heterocycles. The number of rotatable bonds is 5. The third kappa shape index (κ3) is 5.04. The minimum absolute atomic E-state index is 0.173. The Hall–Kier alpha value is -0.774. The molecule has 0 N–H and O–H groups in total. The Balaban J connectivity index is 2.00. The fraction of sp³-hybridized carbons (Fsp3) is 0.520. The molecule has 2 aromatic carbocycles. The second-order valence-electron chi connectivity index (χ2n) is 10.1. The van der Waals surface area contributed by atoms with E-state index in [-0.39, 0.29) is 6.10 Å². The van der Waals surface area contributed by atoms with Crippen LogP contribution in [0.4, 0.5) is 0 Å². The molecule has 2 atom stereocenters. The van der Waals surface area contributed by atoms with Crippen molar-refractivity contribution in [2.75, 3.05) is 0 Å². The first-order chi connectivity index (χ1) is 13.1. The summed E-state index contributed by atoms with van der Waals surface area (Å²) in [5.41, 5.74) is 5.04. The molecule has 0 radical (unpaired) electrons. The van der Waals surface area contributed by atoms with E-state index in [0.717, 1.165) is 0 Å². The summed E-state index contributed by atoms with van der Waals surface area (Å²) in [7, 11) is -1.41. The Kier molecular flexibility index (Phi) is 6.68. The van der Waals surface area contributed by atoms with Gasteiger partial charge < -0.3 is 0 Å². The van der Waals surface area contributed by atoms with E-state index in [1.807, 2.05) is 0 Å². The molecule has 1 heterocycles. The van der Waals surface area contributed by atoms with Gasteiger partial charge in [-0.15, -0.1) is 0 Å². The van der Waals surface area contributed by atoms with E-state index in [1.165, 1.54) is 25.3 Å². The fourth-order valence-electron chi connectivity index (χ4n) is 4.06. The molecular formula is C25H36OSiTe. The number of hydrogen-bond acceptors (Lipinski definition) is 1. The molecule has 1 aliphatic rings. The molecule has 3 heteroatoms. The molecule has 152 valence electrons. The van der Waals surface area contributed by atoms with Gasteiger partial charge in [0.05, 0.1) is 0 Å². The average Bonchev–Trinajstić information content (AvgIpc) is 2.57. The van der Waals surface area contributed by atoms with Crippen molar-refractivity contribution in [3.8, 4) is 11.5 Å². The van der Waals surface area contributed by atoms with E-state index in [0.29, 0.717) is 15.8 Å². The normalized spacial score (nSPS) is 22.6. The number of hydrogen-bond donors (Lipinski definition) is 0. The third-order valence-electron chi connectivity index (χ3n) is 4.96. The molecule has 1 aliphatic heterocycles. The van der Waals surface area contributed by atoms with Crippen LogP contribution in [0.5, 0.6) is 0 Å². The summed E-state index contributed by atoms with van der Waals surface area (Å²) in [4.78, 5) is 0. The van der Waals surface area contributed by atoms with Crippen LogP contribution in [-0.4, -0.2) is 26.7 Å². The van der Waals surface area contributed by atoms with Crippen LogP contribution in [-0.2, 0) is 3.10 Å². The molecule has 1 nitrogen and oxygen atoms in total. The predicted molar refractivity (Wildman–Crippen MR) is 128 cm³/mol. The molecule has 0 unspecified atom stereocenters. The molecule has 1 saturated heterocycles. The molecule has 3 rings (SSSR count). The summed E-state index contributed by atoms with van der Waals surface area (Å²) < 4.78 is 9.98. The van der Waals surface area contributed by atoms with Gasteiger partial charge in [-0.1, -0.05) is 0 Å². The van der Waals surface area contributed by atoms with Gasteiger partial charge in [-0.05, 0) is 0 Å². The van der Waals surface area contributed by atoms with Crippen LogP contribution in [0.15, 0.2) is 42.5 Å². The quantitative estimate of drug-likeness (QED) is 0.302. The summed E-state index contributed by atoms with van der Waals surface area (Å²) in [5, 5.41) is 2.60. The van der Waals surface area contributed by atoms with Crippen molar-refractivity contribution in [2.45, 2.75) is 66.3 Å². The Morgan fingerprint density at radius 2 is 1.54 bits per heavy atom. The zero-order chi connectivity index (χ0) is 20.5. The Labute approximate surface area is 177 Å². The Bertz CT molecular complexity index is 875.